The van der Waals surface area contributed by atoms with Gasteiger partial charge in [-0.3, -0.25) is 4.90 Å². The summed E-state index contributed by atoms with van der Waals surface area (Å²) in [4.78, 5) is 5.75. The molecular weight excluding hydrogens is 297 g/mol. The average Bonchev–Trinajstić information content (AvgIpc) is 2.75. The van der Waals surface area contributed by atoms with E-state index in [9.17, 15) is 13.2 Å². The zero-order chi connectivity index (χ0) is 14.6. The van der Waals surface area contributed by atoms with Crippen molar-refractivity contribution < 1.29 is 13.2 Å². The number of aromatic nitrogens is 1. The smallest absolute Gasteiger partial charge is 0.283 e. The molecule has 0 aromatic carbocycles. The molecule has 2 nitrogen and oxygen atoms in total. The van der Waals surface area contributed by atoms with Crippen LogP contribution < -0.4 is 0 Å². The minimum absolute atomic E-state index is 0.199. The lowest BCUT2D eigenvalue weighted by Gasteiger charge is -2.33. The summed E-state index contributed by atoms with van der Waals surface area (Å²) in [6.45, 7) is 4.49. The van der Waals surface area contributed by atoms with E-state index in [1.54, 1.807) is 19.2 Å². The van der Waals surface area contributed by atoms with Gasteiger partial charge in [0.15, 0.2) is 0 Å². The Hall–Kier alpha value is -0.330. The molecule has 0 saturated carbocycles. The first-order valence-corrected chi connectivity index (χ1v) is 7.52. The lowest BCUT2D eigenvalue weighted by atomic mass is 10.1. The van der Waals surface area contributed by atoms with E-state index in [-0.39, 0.29) is 18.0 Å². The summed E-state index contributed by atoms with van der Waals surface area (Å²) in [5.41, 5.74) is 0.718. The van der Waals surface area contributed by atoms with Crippen molar-refractivity contribution >= 4 is 22.9 Å². The third-order valence-electron chi connectivity index (χ3n) is 2.80. The molecule has 0 aliphatic carbocycles. The van der Waals surface area contributed by atoms with Gasteiger partial charge < -0.3 is 0 Å². The maximum absolute atomic E-state index is 12.7. The third kappa shape index (κ3) is 4.93. The summed E-state index contributed by atoms with van der Waals surface area (Å²) in [6, 6.07) is -0.515. The van der Waals surface area contributed by atoms with Gasteiger partial charge in [-0.05, 0) is 20.3 Å². The van der Waals surface area contributed by atoms with Gasteiger partial charge in [0, 0.05) is 11.4 Å². The Morgan fingerprint density at radius 2 is 2.05 bits per heavy atom. The van der Waals surface area contributed by atoms with Crippen molar-refractivity contribution in [2.45, 2.75) is 51.3 Å². The molecule has 19 heavy (non-hydrogen) atoms. The molecule has 0 fully saturated rings. The van der Waals surface area contributed by atoms with Crippen LogP contribution in [0.25, 0.3) is 0 Å². The minimum atomic E-state index is -4.20. The van der Waals surface area contributed by atoms with Gasteiger partial charge in [0.1, 0.15) is 5.01 Å². The molecule has 1 atom stereocenters. The molecule has 0 aliphatic rings. The van der Waals surface area contributed by atoms with Crippen LogP contribution in [0.4, 0.5) is 13.2 Å². The molecular formula is C12H18ClF3N2S. The molecule has 0 bridgehead atoms. The second-order valence-corrected chi connectivity index (χ2v) is 5.77. The lowest BCUT2D eigenvalue weighted by molar-refractivity contribution is -0.155. The molecule has 0 amide bonds. The fraction of sp³-hybridized carbons (Fsp3) is 0.750. The molecule has 1 aromatic heterocycles. The van der Waals surface area contributed by atoms with Crippen LogP contribution in [0.3, 0.4) is 0 Å². The highest BCUT2D eigenvalue weighted by molar-refractivity contribution is 7.09. The lowest BCUT2D eigenvalue weighted by Crippen LogP contribution is -2.41. The Balaban J connectivity index is 2.96. The molecule has 110 valence electrons. The van der Waals surface area contributed by atoms with Gasteiger partial charge in [-0.15, -0.1) is 22.9 Å². The maximum Gasteiger partial charge on any atom is 0.401 e. The van der Waals surface area contributed by atoms with Gasteiger partial charge in [-0.2, -0.15) is 13.2 Å². The first kappa shape index (κ1) is 16.7. The van der Waals surface area contributed by atoms with E-state index in [1.807, 2.05) is 6.92 Å². The molecule has 1 unspecified atom stereocenters. The van der Waals surface area contributed by atoms with Crippen molar-refractivity contribution in [2.75, 3.05) is 6.54 Å². The Bertz CT molecular complexity index is 393. The summed E-state index contributed by atoms with van der Waals surface area (Å²) in [7, 11) is 0. The zero-order valence-electron chi connectivity index (χ0n) is 11.2. The number of thiazole rings is 1. The van der Waals surface area contributed by atoms with Crippen LogP contribution in [0.5, 0.6) is 0 Å². The molecule has 1 heterocycles. The van der Waals surface area contributed by atoms with Gasteiger partial charge >= 0.3 is 6.18 Å². The fourth-order valence-electron chi connectivity index (χ4n) is 1.95. The van der Waals surface area contributed by atoms with Crippen LogP contribution >= 0.6 is 22.9 Å². The standard InChI is InChI=1S/C12H18ClF3N2S/c1-4-10(11-17-9(5-13)6-19-11)18(8(2)3)7-12(14,15)16/h6,8,10H,4-5,7H2,1-3H3. The topological polar surface area (TPSA) is 16.1 Å². The van der Waals surface area contributed by atoms with Gasteiger partial charge in [-0.1, -0.05) is 6.92 Å². The normalized spacial score (nSPS) is 14.4. The van der Waals surface area contributed by atoms with E-state index in [0.717, 1.165) is 5.69 Å². The summed E-state index contributed by atoms with van der Waals surface area (Å²) in [6.07, 6.45) is -3.62. The number of halogens is 4. The molecule has 0 aliphatic heterocycles. The number of rotatable bonds is 6. The first-order valence-electron chi connectivity index (χ1n) is 6.11. The largest absolute Gasteiger partial charge is 0.401 e. The maximum atomic E-state index is 12.7. The van der Waals surface area contributed by atoms with Crippen molar-refractivity contribution in [2.24, 2.45) is 0 Å². The Kier molecular flexibility index (Phi) is 6.08. The van der Waals surface area contributed by atoms with Gasteiger partial charge in [-0.25, -0.2) is 4.98 Å². The zero-order valence-corrected chi connectivity index (χ0v) is 12.7. The van der Waals surface area contributed by atoms with E-state index >= 15 is 0 Å². The third-order valence-corrected chi connectivity index (χ3v) is 4.07. The quantitative estimate of drug-likeness (QED) is 0.713. The van der Waals surface area contributed by atoms with Crippen molar-refractivity contribution in [3.63, 3.8) is 0 Å². The number of hydrogen-bond donors (Lipinski definition) is 0. The van der Waals surface area contributed by atoms with Crippen LogP contribution in [0, 0.1) is 0 Å². The SMILES string of the molecule is CCC(c1nc(CCl)cs1)N(CC(F)(F)F)C(C)C. The van der Waals surface area contributed by atoms with E-state index in [2.05, 4.69) is 4.98 Å². The van der Waals surface area contributed by atoms with Gasteiger partial charge in [0.05, 0.1) is 24.2 Å². The molecule has 0 N–H and O–H groups in total. The average molecular weight is 315 g/mol. The van der Waals surface area contributed by atoms with Crippen LogP contribution in [0.2, 0.25) is 0 Å². The minimum Gasteiger partial charge on any atom is -0.283 e. The van der Waals surface area contributed by atoms with Crippen LogP contribution in [-0.4, -0.2) is 28.6 Å². The fourth-order valence-corrected chi connectivity index (χ4v) is 3.20. The second-order valence-electron chi connectivity index (χ2n) is 4.62. The van der Waals surface area contributed by atoms with Crippen molar-refractivity contribution in [1.82, 2.24) is 9.88 Å². The molecule has 0 radical (unpaired) electrons. The highest BCUT2D eigenvalue weighted by Gasteiger charge is 2.36. The summed E-state index contributed by atoms with van der Waals surface area (Å²) in [5.74, 6) is 0.286. The number of hydrogen-bond acceptors (Lipinski definition) is 3. The Labute approximate surface area is 120 Å². The molecule has 1 aromatic rings. The number of alkyl halides is 4. The van der Waals surface area contributed by atoms with E-state index in [0.29, 0.717) is 11.4 Å². The highest BCUT2D eigenvalue weighted by Crippen LogP contribution is 2.32. The van der Waals surface area contributed by atoms with E-state index in [4.69, 9.17) is 11.6 Å². The molecule has 0 spiro atoms. The Morgan fingerprint density at radius 1 is 1.42 bits per heavy atom. The van der Waals surface area contributed by atoms with Crippen LogP contribution in [0.1, 0.15) is 43.9 Å². The predicted octanol–water partition coefficient (Wildman–Crippen LogP) is 4.61. The van der Waals surface area contributed by atoms with Crippen LogP contribution in [-0.2, 0) is 5.88 Å². The molecule has 7 heteroatoms. The van der Waals surface area contributed by atoms with Gasteiger partial charge in [0.25, 0.3) is 0 Å². The van der Waals surface area contributed by atoms with Crippen molar-refractivity contribution in [3.8, 4) is 0 Å². The first-order chi connectivity index (χ1) is 8.78. The monoisotopic (exact) mass is 314 g/mol. The second kappa shape index (κ2) is 6.90. The summed E-state index contributed by atoms with van der Waals surface area (Å²) in [5, 5.41) is 2.51. The van der Waals surface area contributed by atoms with Crippen LogP contribution in [0.15, 0.2) is 5.38 Å². The van der Waals surface area contributed by atoms with Gasteiger partial charge in [0.2, 0.25) is 0 Å². The Morgan fingerprint density at radius 3 is 2.42 bits per heavy atom. The molecule has 0 saturated heterocycles. The highest BCUT2D eigenvalue weighted by atomic mass is 35.5. The van der Waals surface area contributed by atoms with E-state index < -0.39 is 12.7 Å². The number of nitrogens with zero attached hydrogens (tertiary/aromatic N) is 2. The predicted molar refractivity (Wildman–Crippen MR) is 72.6 cm³/mol. The van der Waals surface area contributed by atoms with Crippen molar-refractivity contribution in [3.05, 3.63) is 16.1 Å². The van der Waals surface area contributed by atoms with E-state index in [1.165, 1.54) is 16.2 Å². The summed E-state index contributed by atoms with van der Waals surface area (Å²) >= 11 is 7.06. The molecule has 1 rings (SSSR count). The van der Waals surface area contributed by atoms with Crippen molar-refractivity contribution in [1.29, 1.82) is 0 Å². The summed E-state index contributed by atoms with van der Waals surface area (Å²) < 4.78 is 38.0.